The molecular weight excluding hydrogens is 436 g/mol. The molecule has 0 rings (SSSR count). The van der Waals surface area contributed by atoms with Gasteiger partial charge in [-0.2, -0.15) is 43.9 Å². The highest BCUT2D eigenvalue weighted by Crippen LogP contribution is 2.49. The summed E-state index contributed by atoms with van der Waals surface area (Å²) in [5.74, 6) is -10.1. The van der Waals surface area contributed by atoms with Gasteiger partial charge in [-0.1, -0.05) is 22.6 Å². The van der Waals surface area contributed by atoms with E-state index >= 15 is 0 Å². The van der Waals surface area contributed by atoms with Crippen molar-refractivity contribution in [3.8, 4) is 0 Å². The second-order valence-corrected chi connectivity index (χ2v) is 4.24. The maximum atomic E-state index is 13.0. The van der Waals surface area contributed by atoms with Crippen molar-refractivity contribution < 1.29 is 53.0 Å². The average Bonchev–Trinajstić information content (AvgIpc) is 2.12. The van der Waals surface area contributed by atoms with Gasteiger partial charge in [-0.25, -0.2) is 4.39 Å². The van der Waals surface area contributed by atoms with Crippen molar-refractivity contribution >= 4 is 22.6 Å². The first-order chi connectivity index (χ1) is 8.57. The van der Waals surface area contributed by atoms with Gasteiger partial charge in [-0.05, 0) is 0 Å². The molecule has 0 heterocycles. The maximum Gasteiger partial charge on any atom is 0.445 e. The third-order valence-corrected chi connectivity index (χ3v) is 2.76. The smallest absolute Gasteiger partial charge is 0.272 e. The van der Waals surface area contributed by atoms with Crippen molar-refractivity contribution in [1.29, 1.82) is 0 Å². The summed E-state index contributed by atoms with van der Waals surface area (Å²) in [5, 5.41) is 0. The van der Waals surface area contributed by atoms with Gasteiger partial charge in [0.05, 0.1) is 0 Å². The van der Waals surface area contributed by atoms with Crippen molar-refractivity contribution in [3.63, 3.8) is 0 Å². The minimum absolute atomic E-state index is 0.685. The minimum Gasteiger partial charge on any atom is -0.272 e. The van der Waals surface area contributed by atoms with Gasteiger partial charge < -0.3 is 0 Å². The summed E-state index contributed by atoms with van der Waals surface area (Å²) in [6.07, 6.45) is -23.1. The lowest BCUT2D eigenvalue weighted by Gasteiger charge is -2.33. The van der Waals surface area contributed by atoms with Gasteiger partial charge in [-0.3, -0.25) is 4.74 Å². The summed E-state index contributed by atoms with van der Waals surface area (Å²) < 4.78 is 135. The molecular formula is C7H4F11IO. The van der Waals surface area contributed by atoms with Crippen LogP contribution in [0.3, 0.4) is 0 Å². The molecule has 0 amide bonds. The Morgan fingerprint density at radius 2 is 1.20 bits per heavy atom. The first-order valence-corrected chi connectivity index (χ1v) is 5.86. The van der Waals surface area contributed by atoms with E-state index in [4.69, 9.17) is 0 Å². The van der Waals surface area contributed by atoms with E-state index in [0.717, 1.165) is 0 Å². The van der Waals surface area contributed by atoms with Crippen LogP contribution in [0.5, 0.6) is 0 Å². The molecule has 0 aliphatic carbocycles. The van der Waals surface area contributed by atoms with Gasteiger partial charge >= 0.3 is 24.4 Å². The number of alkyl halides is 12. The van der Waals surface area contributed by atoms with E-state index in [1.54, 1.807) is 0 Å². The Hall–Kier alpha value is -0.0800. The van der Waals surface area contributed by atoms with Gasteiger partial charge in [0, 0.05) is 4.43 Å². The van der Waals surface area contributed by atoms with Crippen LogP contribution in [-0.2, 0) is 4.74 Å². The Labute approximate surface area is 117 Å². The lowest BCUT2D eigenvalue weighted by molar-refractivity contribution is -0.430. The van der Waals surface area contributed by atoms with Crippen molar-refractivity contribution in [2.75, 3.05) is 4.43 Å². The lowest BCUT2D eigenvalue weighted by Crippen LogP contribution is -2.55. The second kappa shape index (κ2) is 5.96. The van der Waals surface area contributed by atoms with Crippen LogP contribution in [0.2, 0.25) is 0 Å². The molecule has 0 saturated heterocycles. The van der Waals surface area contributed by atoms with Gasteiger partial charge in [0.15, 0.2) is 0 Å². The summed E-state index contributed by atoms with van der Waals surface area (Å²) in [7, 11) is 0. The monoisotopic (exact) mass is 440 g/mol. The van der Waals surface area contributed by atoms with Gasteiger partial charge in [0.1, 0.15) is 5.92 Å². The van der Waals surface area contributed by atoms with Crippen LogP contribution >= 0.6 is 22.6 Å². The molecule has 0 spiro atoms. The SMILES string of the molecule is FC(OC(F)(F)C(F)(F)C(CI)C(F)(F)F)C(F)(F)F. The normalized spacial score (nSPS) is 18.0. The molecule has 0 aromatic carbocycles. The molecule has 122 valence electrons. The van der Waals surface area contributed by atoms with E-state index in [9.17, 15) is 48.3 Å². The maximum absolute atomic E-state index is 13.0. The largest absolute Gasteiger partial charge is 0.445 e. The zero-order valence-corrected chi connectivity index (χ0v) is 11.0. The predicted molar refractivity (Wildman–Crippen MR) is 50.4 cm³/mol. The van der Waals surface area contributed by atoms with E-state index in [1.807, 2.05) is 0 Å². The topological polar surface area (TPSA) is 9.23 Å². The molecule has 0 aliphatic rings. The standard InChI is InChI=1S/C7H4F11IO/c8-3(6(14,15)16)20-7(17,18)4(9,10)2(1-19)5(11,12)13/h2-3H,1H2. The summed E-state index contributed by atoms with van der Waals surface area (Å²) in [4.78, 5) is 0. The quantitative estimate of drug-likeness (QED) is 0.342. The molecule has 0 aromatic rings. The Bertz CT molecular complexity index is 322. The third kappa shape index (κ3) is 4.46. The van der Waals surface area contributed by atoms with Crippen molar-refractivity contribution in [2.45, 2.75) is 30.7 Å². The Morgan fingerprint density at radius 1 is 0.800 bits per heavy atom. The van der Waals surface area contributed by atoms with Crippen molar-refractivity contribution in [2.24, 2.45) is 5.92 Å². The molecule has 0 radical (unpaired) electrons. The van der Waals surface area contributed by atoms with E-state index in [-0.39, 0.29) is 0 Å². The zero-order valence-electron chi connectivity index (χ0n) is 8.81. The van der Waals surface area contributed by atoms with Crippen LogP contribution in [0.15, 0.2) is 0 Å². The molecule has 2 atom stereocenters. The van der Waals surface area contributed by atoms with Gasteiger partial charge in [-0.15, -0.1) is 0 Å². The van der Waals surface area contributed by atoms with Crippen molar-refractivity contribution in [1.82, 2.24) is 0 Å². The minimum atomic E-state index is -6.30. The first-order valence-electron chi connectivity index (χ1n) is 4.34. The number of halogens is 12. The van der Waals surface area contributed by atoms with Crippen LogP contribution in [-0.4, -0.2) is 35.2 Å². The fraction of sp³-hybridized carbons (Fsp3) is 1.00. The van der Waals surface area contributed by atoms with Gasteiger partial charge in [0.25, 0.3) is 6.36 Å². The lowest BCUT2D eigenvalue weighted by atomic mass is 10.0. The highest BCUT2D eigenvalue weighted by Gasteiger charge is 2.71. The summed E-state index contributed by atoms with van der Waals surface area (Å²) in [6, 6.07) is 0. The number of hydrogen-bond donors (Lipinski definition) is 0. The summed E-state index contributed by atoms with van der Waals surface area (Å²) >= 11 is 0.685. The highest BCUT2D eigenvalue weighted by molar-refractivity contribution is 14.1. The Balaban J connectivity index is 5.35. The van der Waals surface area contributed by atoms with Crippen LogP contribution in [0.1, 0.15) is 0 Å². The van der Waals surface area contributed by atoms with Crippen molar-refractivity contribution in [3.05, 3.63) is 0 Å². The molecule has 0 fully saturated rings. The fourth-order valence-corrected chi connectivity index (χ4v) is 1.92. The molecule has 0 bridgehead atoms. The molecule has 2 unspecified atom stereocenters. The van der Waals surface area contributed by atoms with Crippen LogP contribution in [0, 0.1) is 5.92 Å². The van der Waals surface area contributed by atoms with E-state index in [2.05, 4.69) is 4.74 Å². The number of ether oxygens (including phenoxy) is 1. The number of hydrogen-bond acceptors (Lipinski definition) is 1. The van der Waals surface area contributed by atoms with E-state index in [0.29, 0.717) is 22.6 Å². The Morgan fingerprint density at radius 3 is 1.45 bits per heavy atom. The van der Waals surface area contributed by atoms with Crippen LogP contribution < -0.4 is 0 Å². The fourth-order valence-electron chi connectivity index (χ4n) is 0.868. The molecule has 20 heavy (non-hydrogen) atoms. The zero-order chi connectivity index (χ0) is 16.6. The predicted octanol–water partition coefficient (Wildman–Crippen LogP) is 4.70. The van der Waals surface area contributed by atoms with Gasteiger partial charge in [0.2, 0.25) is 0 Å². The second-order valence-electron chi connectivity index (χ2n) is 3.36. The summed E-state index contributed by atoms with van der Waals surface area (Å²) in [5.41, 5.74) is 0. The van der Waals surface area contributed by atoms with E-state index in [1.165, 1.54) is 0 Å². The number of rotatable bonds is 5. The highest BCUT2D eigenvalue weighted by atomic mass is 127. The third-order valence-electron chi connectivity index (χ3n) is 1.88. The van der Waals surface area contributed by atoms with Crippen LogP contribution in [0.4, 0.5) is 48.3 Å². The molecule has 0 saturated carbocycles. The molecule has 0 N–H and O–H groups in total. The average molecular weight is 440 g/mol. The van der Waals surface area contributed by atoms with E-state index < -0.39 is 41.1 Å². The summed E-state index contributed by atoms with van der Waals surface area (Å²) in [6.45, 7) is 0. The molecule has 0 aromatic heterocycles. The molecule has 1 nitrogen and oxygen atoms in total. The molecule has 0 aliphatic heterocycles. The first kappa shape index (κ1) is 19.9. The van der Waals surface area contributed by atoms with Crippen LogP contribution in [0.25, 0.3) is 0 Å². The molecule has 13 heteroatoms. The Kier molecular flexibility index (Phi) is 5.94.